The van der Waals surface area contributed by atoms with E-state index in [9.17, 15) is 28.9 Å². The number of esters is 3. The van der Waals surface area contributed by atoms with E-state index in [0.717, 1.165) is 103 Å². The maximum atomic E-state index is 12.9. The molecule has 3 atom stereocenters. The van der Waals surface area contributed by atoms with E-state index >= 15 is 0 Å². The van der Waals surface area contributed by atoms with Gasteiger partial charge in [-0.25, -0.2) is 4.57 Å². The molecule has 0 aliphatic heterocycles. The van der Waals surface area contributed by atoms with Crippen LogP contribution in [0.2, 0.25) is 0 Å². The first kappa shape index (κ1) is 65.9. The van der Waals surface area contributed by atoms with Crippen molar-refractivity contribution in [3.8, 4) is 0 Å². The molecule has 2 N–H and O–H groups in total. The van der Waals surface area contributed by atoms with Gasteiger partial charge in [0.1, 0.15) is 12.7 Å². The molecule has 0 aliphatic carbocycles. The minimum absolute atomic E-state index is 0.0214. The van der Waals surface area contributed by atoms with E-state index in [4.69, 9.17) is 23.3 Å². The molecule has 0 aromatic carbocycles. The quantitative estimate of drug-likeness (QED) is 0.0197. The molecule has 0 heterocycles. The van der Waals surface area contributed by atoms with Gasteiger partial charge in [0.05, 0.1) is 26.2 Å². The van der Waals surface area contributed by atoms with Gasteiger partial charge in [0.2, 0.25) is 0 Å². The van der Waals surface area contributed by atoms with Crippen molar-refractivity contribution < 1.29 is 52.2 Å². The van der Waals surface area contributed by atoms with Crippen molar-refractivity contribution in [3.63, 3.8) is 0 Å². The van der Waals surface area contributed by atoms with Crippen LogP contribution in [0, 0.1) is 0 Å². The molecule has 0 saturated heterocycles. The lowest BCUT2D eigenvalue weighted by molar-refractivity contribution is -0.161. The predicted octanol–water partition coefficient (Wildman–Crippen LogP) is 15.2. The largest absolute Gasteiger partial charge is 0.472 e. The first-order valence-electron chi connectivity index (χ1n) is 26.4. The third-order valence-corrected chi connectivity index (χ3v) is 11.3. The summed E-state index contributed by atoms with van der Waals surface area (Å²) in [6.07, 6.45) is 62.0. The van der Waals surface area contributed by atoms with Gasteiger partial charge in [0.15, 0.2) is 6.10 Å². The van der Waals surface area contributed by atoms with Crippen LogP contribution in [-0.4, -0.2) is 66.5 Å². The summed E-state index contributed by atoms with van der Waals surface area (Å²) in [5.41, 5.74) is 0. The van der Waals surface area contributed by atoms with Crippen LogP contribution in [-0.2, 0) is 42.2 Å². The molecule has 0 aromatic rings. The Balaban J connectivity index is 4.94. The molecular formula is C58H93O11P. The van der Waals surface area contributed by atoms with Crippen LogP contribution >= 0.6 is 7.82 Å². The minimum Gasteiger partial charge on any atom is -0.461 e. The Morgan fingerprint density at radius 1 is 0.429 bits per heavy atom. The smallest absolute Gasteiger partial charge is 0.461 e. The number of unbranched alkanes of at least 4 members (excludes halogenated alkanes) is 11. The van der Waals surface area contributed by atoms with Crippen LogP contribution in [0.15, 0.2) is 122 Å². The van der Waals surface area contributed by atoms with Gasteiger partial charge in [-0.05, 0) is 109 Å². The predicted molar refractivity (Wildman–Crippen MR) is 288 cm³/mol. The highest BCUT2D eigenvalue weighted by molar-refractivity contribution is 7.47. The van der Waals surface area contributed by atoms with E-state index in [2.05, 4.69) is 124 Å². The molecule has 0 radical (unpaired) electrons. The molecule has 3 unspecified atom stereocenters. The molecule has 12 heteroatoms. The number of hydrogen-bond donors (Lipinski definition) is 2. The Morgan fingerprint density at radius 3 is 1.26 bits per heavy atom. The molecule has 0 bridgehead atoms. The van der Waals surface area contributed by atoms with E-state index in [-0.39, 0.29) is 19.3 Å². The highest BCUT2D eigenvalue weighted by Gasteiger charge is 2.28. The molecular weight excluding hydrogens is 904 g/mol. The number of aliphatic hydroxyl groups excluding tert-OH is 1. The van der Waals surface area contributed by atoms with Crippen molar-refractivity contribution in [2.24, 2.45) is 0 Å². The van der Waals surface area contributed by atoms with Crippen molar-refractivity contribution in [1.82, 2.24) is 0 Å². The lowest BCUT2D eigenvalue weighted by Crippen LogP contribution is -2.30. The fraction of sp³-hybridized carbons (Fsp3) is 0.603. The van der Waals surface area contributed by atoms with Gasteiger partial charge >= 0.3 is 25.7 Å². The normalized spacial score (nSPS) is 14.4. The Hall–Kier alpha value is -4.12. The van der Waals surface area contributed by atoms with Gasteiger partial charge in [0.25, 0.3) is 0 Å². The number of carbonyl (C=O) groups excluding carboxylic acids is 3. The zero-order valence-corrected chi connectivity index (χ0v) is 44.3. The third-order valence-electron chi connectivity index (χ3n) is 10.4. The van der Waals surface area contributed by atoms with Crippen LogP contribution in [0.3, 0.4) is 0 Å². The van der Waals surface area contributed by atoms with Crippen molar-refractivity contribution in [1.29, 1.82) is 0 Å². The third kappa shape index (κ3) is 48.9. The summed E-state index contributed by atoms with van der Waals surface area (Å²) in [4.78, 5) is 48.3. The van der Waals surface area contributed by atoms with Crippen LogP contribution in [0.1, 0.15) is 188 Å². The molecule has 0 aromatic heterocycles. The standard InChI is InChI=1S/C58H93O11P/c1-4-7-10-13-16-19-22-25-27-30-32-35-38-41-44-47-56(60)65-51-55(69-58(62)49-46-43-40-37-34-31-28-26-23-20-17-14-11-8-5-2)53-67-70(63,64)66-52-54(50-59)68-57(61)48-45-42-39-36-33-29-24-21-18-15-12-9-6-3/h7-8,10-11,16-17,19-21,24-28,32,34-35,37,41,44,54-55,59H,4-6,9,12-15,18,22-23,29-31,33,36,38-40,42-43,45-53H2,1-3H3,(H,63,64)/b10-7-,11-8-,19-16-,20-17-,24-21-,27-25-,28-26-,35-32-,37-34-,44-41-. The molecule has 396 valence electrons. The number of phosphoric acid groups is 1. The van der Waals surface area contributed by atoms with Gasteiger partial charge in [-0.3, -0.25) is 23.4 Å². The highest BCUT2D eigenvalue weighted by atomic mass is 31.2. The maximum Gasteiger partial charge on any atom is 0.472 e. The zero-order valence-electron chi connectivity index (χ0n) is 43.4. The summed E-state index contributed by atoms with van der Waals surface area (Å²) >= 11 is 0. The van der Waals surface area contributed by atoms with E-state index in [0.29, 0.717) is 19.3 Å². The average Bonchev–Trinajstić information content (AvgIpc) is 3.35. The number of allylic oxidation sites excluding steroid dienone is 19. The lowest BCUT2D eigenvalue weighted by atomic mass is 10.1. The number of phosphoric ester groups is 1. The van der Waals surface area contributed by atoms with Gasteiger partial charge in [-0.2, -0.15) is 0 Å². The Kier molecular flexibility index (Phi) is 48.2. The fourth-order valence-electron chi connectivity index (χ4n) is 6.41. The summed E-state index contributed by atoms with van der Waals surface area (Å²) < 4.78 is 39.2. The number of hydrogen-bond acceptors (Lipinski definition) is 10. The highest BCUT2D eigenvalue weighted by Crippen LogP contribution is 2.43. The van der Waals surface area contributed by atoms with E-state index in [1.54, 1.807) is 6.08 Å². The minimum atomic E-state index is -4.78. The molecule has 11 nitrogen and oxygen atoms in total. The first-order chi connectivity index (χ1) is 34.2. The van der Waals surface area contributed by atoms with Crippen LogP contribution in [0.5, 0.6) is 0 Å². The lowest BCUT2D eigenvalue weighted by Gasteiger charge is -2.21. The summed E-state index contributed by atoms with van der Waals surface area (Å²) in [5.74, 6) is -1.69. The molecule has 70 heavy (non-hydrogen) atoms. The van der Waals surface area contributed by atoms with Gasteiger partial charge in [-0.1, -0.05) is 181 Å². The summed E-state index contributed by atoms with van der Waals surface area (Å²) in [7, 11) is -4.78. The molecule has 0 aliphatic rings. The van der Waals surface area contributed by atoms with E-state index < -0.39 is 64.4 Å². The summed E-state index contributed by atoms with van der Waals surface area (Å²) in [6.45, 7) is 4.19. The molecule has 0 rings (SSSR count). The van der Waals surface area contributed by atoms with Crippen LogP contribution in [0.4, 0.5) is 0 Å². The molecule has 0 spiro atoms. The number of ether oxygens (including phenoxy) is 3. The topological polar surface area (TPSA) is 155 Å². The van der Waals surface area contributed by atoms with Crippen molar-refractivity contribution in [2.45, 2.75) is 200 Å². The van der Waals surface area contributed by atoms with Crippen molar-refractivity contribution >= 4 is 25.7 Å². The van der Waals surface area contributed by atoms with Crippen molar-refractivity contribution in [2.75, 3.05) is 26.4 Å². The van der Waals surface area contributed by atoms with E-state index in [1.807, 2.05) is 12.2 Å². The number of carbonyl (C=O) groups is 3. The summed E-state index contributed by atoms with van der Waals surface area (Å²) in [5, 5.41) is 9.78. The molecule has 0 saturated carbocycles. The Labute approximate surface area is 424 Å². The second kappa shape index (κ2) is 51.2. The fourth-order valence-corrected chi connectivity index (χ4v) is 7.20. The number of rotatable bonds is 47. The Morgan fingerprint density at radius 2 is 0.786 bits per heavy atom. The monoisotopic (exact) mass is 997 g/mol. The first-order valence-corrected chi connectivity index (χ1v) is 27.9. The second-order valence-corrected chi connectivity index (χ2v) is 18.4. The van der Waals surface area contributed by atoms with Crippen molar-refractivity contribution in [3.05, 3.63) is 122 Å². The van der Waals surface area contributed by atoms with Gasteiger partial charge in [0, 0.05) is 12.8 Å². The molecule has 0 fully saturated rings. The Bertz CT molecular complexity index is 1630. The van der Waals surface area contributed by atoms with Gasteiger partial charge < -0.3 is 24.2 Å². The van der Waals surface area contributed by atoms with Crippen LogP contribution < -0.4 is 0 Å². The second-order valence-electron chi connectivity index (χ2n) is 16.9. The number of aliphatic hydroxyl groups is 1. The van der Waals surface area contributed by atoms with Gasteiger partial charge in [-0.15, -0.1) is 0 Å². The van der Waals surface area contributed by atoms with E-state index in [1.165, 1.54) is 25.7 Å². The average molecular weight is 997 g/mol. The van der Waals surface area contributed by atoms with Crippen LogP contribution in [0.25, 0.3) is 0 Å². The SMILES string of the molecule is CC/C=C\C/C=C\C/C=C\C/C=C\C/C=C\CC(=O)OCC(COP(=O)(O)OCC(CO)OC(=O)CCCCCCC/C=C\CCCCCC)OC(=O)CCCC/C=C\C/C=C\C/C=C\C/C=C\CC. The maximum absolute atomic E-state index is 12.9. The summed E-state index contributed by atoms with van der Waals surface area (Å²) in [6, 6.07) is 0. The molecule has 0 amide bonds. The zero-order chi connectivity index (χ0) is 51.3.